The molecule has 0 heterocycles. The molecule has 0 spiro atoms. The Labute approximate surface area is 104 Å². The highest BCUT2D eigenvalue weighted by atomic mass is 79.9. The summed E-state index contributed by atoms with van der Waals surface area (Å²) in [4.78, 5) is 1.95. The van der Waals surface area contributed by atoms with Gasteiger partial charge in [0, 0.05) is 24.0 Å². The van der Waals surface area contributed by atoms with E-state index < -0.39 is 6.10 Å². The summed E-state index contributed by atoms with van der Waals surface area (Å²) in [5, 5.41) is 18.4. The van der Waals surface area contributed by atoms with Gasteiger partial charge in [0.05, 0.1) is 12.2 Å². The molecular formula is C12H15BrN2O. The van der Waals surface area contributed by atoms with Crippen LogP contribution in [0.3, 0.4) is 0 Å². The Bertz CT molecular complexity index is 358. The quantitative estimate of drug-likeness (QED) is 0.902. The van der Waals surface area contributed by atoms with E-state index in [4.69, 9.17) is 5.26 Å². The third-order valence-electron chi connectivity index (χ3n) is 2.34. The Balaban J connectivity index is 2.49. The molecule has 0 aromatic heterocycles. The van der Waals surface area contributed by atoms with Crippen molar-refractivity contribution < 1.29 is 5.11 Å². The van der Waals surface area contributed by atoms with Crippen LogP contribution in [0.4, 0.5) is 0 Å². The van der Waals surface area contributed by atoms with Gasteiger partial charge in [-0.1, -0.05) is 28.1 Å². The zero-order valence-electron chi connectivity index (χ0n) is 9.23. The number of likely N-dealkylation sites (N-methyl/N-ethyl adjacent to an activating group) is 1. The summed E-state index contributed by atoms with van der Waals surface area (Å²) >= 11 is 3.35. The van der Waals surface area contributed by atoms with Crippen LogP contribution in [-0.4, -0.2) is 30.1 Å². The number of nitrogens with zero attached hydrogens (tertiary/aromatic N) is 2. The molecule has 1 N–H and O–H groups in total. The summed E-state index contributed by atoms with van der Waals surface area (Å²) in [5.41, 5.74) is 0.895. The molecule has 4 heteroatoms. The Hall–Kier alpha value is -0.890. The van der Waals surface area contributed by atoms with Crippen LogP contribution >= 0.6 is 15.9 Å². The lowest BCUT2D eigenvalue weighted by atomic mass is 10.1. The van der Waals surface area contributed by atoms with Crippen LogP contribution in [-0.2, 0) is 0 Å². The Morgan fingerprint density at radius 3 is 2.62 bits per heavy atom. The maximum atomic E-state index is 9.94. The van der Waals surface area contributed by atoms with Gasteiger partial charge in [0.1, 0.15) is 0 Å². The van der Waals surface area contributed by atoms with Crippen molar-refractivity contribution >= 4 is 15.9 Å². The first kappa shape index (κ1) is 13.2. The van der Waals surface area contributed by atoms with Crippen molar-refractivity contribution in [2.45, 2.75) is 12.5 Å². The number of rotatable bonds is 5. The summed E-state index contributed by atoms with van der Waals surface area (Å²) in [6, 6.07) is 9.70. The van der Waals surface area contributed by atoms with Crippen LogP contribution in [0.15, 0.2) is 28.7 Å². The Morgan fingerprint density at radius 1 is 1.44 bits per heavy atom. The van der Waals surface area contributed by atoms with E-state index in [1.54, 1.807) is 0 Å². The van der Waals surface area contributed by atoms with Crippen molar-refractivity contribution in [3.05, 3.63) is 34.3 Å². The second kappa shape index (κ2) is 6.64. The van der Waals surface area contributed by atoms with E-state index in [1.807, 2.05) is 36.2 Å². The number of aliphatic hydroxyl groups is 1. The van der Waals surface area contributed by atoms with Crippen molar-refractivity contribution in [1.82, 2.24) is 4.90 Å². The highest BCUT2D eigenvalue weighted by Crippen LogP contribution is 2.17. The van der Waals surface area contributed by atoms with Crippen LogP contribution in [0.25, 0.3) is 0 Å². The van der Waals surface area contributed by atoms with Crippen LogP contribution in [0.1, 0.15) is 18.1 Å². The van der Waals surface area contributed by atoms with E-state index in [0.717, 1.165) is 10.0 Å². The SMILES string of the molecule is CN(CCC#N)CC(O)c1ccc(Br)cc1. The fourth-order valence-corrected chi connectivity index (χ4v) is 1.68. The number of benzene rings is 1. The highest BCUT2D eigenvalue weighted by Gasteiger charge is 2.10. The standard InChI is InChI=1S/C12H15BrN2O/c1-15(8-2-7-14)9-12(16)10-3-5-11(13)6-4-10/h3-6,12,16H,2,8-9H2,1H3. The molecule has 0 fully saturated rings. The first-order chi connectivity index (χ1) is 7.63. The van der Waals surface area contributed by atoms with Gasteiger partial charge in [0.15, 0.2) is 0 Å². The van der Waals surface area contributed by atoms with E-state index in [-0.39, 0.29) is 0 Å². The van der Waals surface area contributed by atoms with E-state index in [1.165, 1.54) is 0 Å². The van der Waals surface area contributed by atoms with Gasteiger partial charge in [-0.2, -0.15) is 5.26 Å². The Kier molecular flexibility index (Phi) is 5.47. The molecule has 3 nitrogen and oxygen atoms in total. The summed E-state index contributed by atoms with van der Waals surface area (Å²) in [5.74, 6) is 0. The smallest absolute Gasteiger partial charge is 0.0916 e. The zero-order valence-corrected chi connectivity index (χ0v) is 10.8. The second-order valence-corrected chi connectivity index (χ2v) is 4.65. The highest BCUT2D eigenvalue weighted by molar-refractivity contribution is 9.10. The Morgan fingerprint density at radius 2 is 2.06 bits per heavy atom. The largest absolute Gasteiger partial charge is 0.387 e. The molecule has 86 valence electrons. The minimum Gasteiger partial charge on any atom is -0.387 e. The molecule has 1 atom stereocenters. The van der Waals surface area contributed by atoms with Crippen LogP contribution < -0.4 is 0 Å². The number of hydrogen-bond acceptors (Lipinski definition) is 3. The first-order valence-corrected chi connectivity index (χ1v) is 5.92. The minimum absolute atomic E-state index is 0.490. The van der Waals surface area contributed by atoms with E-state index in [9.17, 15) is 5.11 Å². The fourth-order valence-electron chi connectivity index (χ4n) is 1.42. The molecule has 0 aliphatic rings. The summed E-state index contributed by atoms with van der Waals surface area (Å²) < 4.78 is 1.00. The summed E-state index contributed by atoms with van der Waals surface area (Å²) in [7, 11) is 1.90. The maximum Gasteiger partial charge on any atom is 0.0916 e. The zero-order chi connectivity index (χ0) is 12.0. The fraction of sp³-hybridized carbons (Fsp3) is 0.417. The second-order valence-electron chi connectivity index (χ2n) is 3.74. The molecule has 0 radical (unpaired) electrons. The van der Waals surface area contributed by atoms with Crippen LogP contribution in [0.2, 0.25) is 0 Å². The molecule has 0 aliphatic carbocycles. The van der Waals surface area contributed by atoms with Gasteiger partial charge in [-0.05, 0) is 24.7 Å². The molecule has 0 saturated heterocycles. The predicted octanol–water partition coefficient (Wildman–Crippen LogP) is 2.33. The normalized spacial score (nSPS) is 12.4. The van der Waals surface area contributed by atoms with Gasteiger partial charge >= 0.3 is 0 Å². The molecule has 1 rings (SSSR count). The van der Waals surface area contributed by atoms with Gasteiger partial charge in [-0.25, -0.2) is 0 Å². The van der Waals surface area contributed by atoms with Crippen molar-refractivity contribution in [2.24, 2.45) is 0 Å². The number of hydrogen-bond donors (Lipinski definition) is 1. The average molecular weight is 283 g/mol. The molecule has 16 heavy (non-hydrogen) atoms. The van der Waals surface area contributed by atoms with Gasteiger partial charge in [0.25, 0.3) is 0 Å². The number of halogens is 1. The van der Waals surface area contributed by atoms with E-state index in [2.05, 4.69) is 22.0 Å². The molecule has 0 bridgehead atoms. The van der Waals surface area contributed by atoms with Crippen molar-refractivity contribution in [2.75, 3.05) is 20.1 Å². The third kappa shape index (κ3) is 4.31. The topological polar surface area (TPSA) is 47.3 Å². The van der Waals surface area contributed by atoms with Gasteiger partial charge in [0.2, 0.25) is 0 Å². The molecule has 0 saturated carbocycles. The van der Waals surface area contributed by atoms with Crippen molar-refractivity contribution in [3.63, 3.8) is 0 Å². The maximum absolute atomic E-state index is 9.94. The van der Waals surface area contributed by atoms with Crippen molar-refractivity contribution in [3.8, 4) is 6.07 Å². The lowest BCUT2D eigenvalue weighted by molar-refractivity contribution is 0.128. The molecule has 0 amide bonds. The third-order valence-corrected chi connectivity index (χ3v) is 2.87. The van der Waals surface area contributed by atoms with Crippen LogP contribution in [0.5, 0.6) is 0 Å². The van der Waals surface area contributed by atoms with Gasteiger partial charge in [-0.3, -0.25) is 0 Å². The predicted molar refractivity (Wildman–Crippen MR) is 66.8 cm³/mol. The number of nitriles is 1. The summed E-state index contributed by atoms with van der Waals surface area (Å²) in [6.45, 7) is 1.23. The lowest BCUT2D eigenvalue weighted by Gasteiger charge is -2.19. The lowest BCUT2D eigenvalue weighted by Crippen LogP contribution is -2.25. The molecule has 1 aromatic rings. The first-order valence-electron chi connectivity index (χ1n) is 5.12. The van der Waals surface area contributed by atoms with Gasteiger partial charge < -0.3 is 10.0 Å². The van der Waals surface area contributed by atoms with E-state index >= 15 is 0 Å². The summed E-state index contributed by atoms with van der Waals surface area (Å²) in [6.07, 6.45) is -0.0133. The average Bonchev–Trinajstić information content (AvgIpc) is 2.27. The monoisotopic (exact) mass is 282 g/mol. The molecule has 1 aromatic carbocycles. The molecule has 1 unspecified atom stereocenters. The number of aliphatic hydroxyl groups excluding tert-OH is 1. The van der Waals surface area contributed by atoms with Crippen LogP contribution in [0, 0.1) is 11.3 Å². The molecular weight excluding hydrogens is 268 g/mol. The minimum atomic E-state index is -0.503. The van der Waals surface area contributed by atoms with Gasteiger partial charge in [-0.15, -0.1) is 0 Å². The molecule has 0 aliphatic heterocycles. The van der Waals surface area contributed by atoms with Crippen molar-refractivity contribution in [1.29, 1.82) is 5.26 Å². The van der Waals surface area contributed by atoms with E-state index in [0.29, 0.717) is 19.5 Å².